The number of aromatic nitrogens is 1. The SMILES string of the molecule is CC(C)(C)NC(=O)CCN(N=Cc1ccccn1)C1=NS(=O)(=O)c2ccccc21. The smallest absolute Gasteiger partial charge is 0.285 e. The van der Waals surface area contributed by atoms with E-state index in [1.54, 1.807) is 36.5 Å². The van der Waals surface area contributed by atoms with E-state index in [0.29, 0.717) is 11.3 Å². The Labute approximate surface area is 170 Å². The van der Waals surface area contributed by atoms with Gasteiger partial charge in [0.15, 0.2) is 5.84 Å². The molecule has 8 nitrogen and oxygen atoms in total. The topological polar surface area (TPSA) is 104 Å². The minimum absolute atomic E-state index is 0.123. The molecule has 0 spiro atoms. The first-order chi connectivity index (χ1) is 13.7. The lowest BCUT2D eigenvalue weighted by atomic mass is 10.1. The van der Waals surface area contributed by atoms with E-state index in [4.69, 9.17) is 0 Å². The van der Waals surface area contributed by atoms with Crippen molar-refractivity contribution in [2.24, 2.45) is 9.50 Å². The first-order valence-corrected chi connectivity index (χ1v) is 10.6. The average molecular weight is 414 g/mol. The number of fused-ring (bicyclic) bond motifs is 1. The number of amidine groups is 1. The van der Waals surface area contributed by atoms with Crippen LogP contribution in [0.5, 0.6) is 0 Å². The van der Waals surface area contributed by atoms with E-state index in [1.165, 1.54) is 17.3 Å². The number of rotatable bonds is 5. The van der Waals surface area contributed by atoms with Gasteiger partial charge in [-0.25, -0.2) is 5.01 Å². The lowest BCUT2D eigenvalue weighted by Gasteiger charge is -2.22. The molecule has 0 saturated heterocycles. The molecule has 1 N–H and O–H groups in total. The molecule has 0 saturated carbocycles. The maximum Gasteiger partial charge on any atom is 0.285 e. The molecule has 0 fully saturated rings. The number of nitrogens with zero attached hydrogens (tertiary/aromatic N) is 4. The highest BCUT2D eigenvalue weighted by molar-refractivity contribution is 7.90. The molecule has 1 aliphatic heterocycles. The van der Waals surface area contributed by atoms with Crippen LogP contribution in [0.15, 0.2) is 63.1 Å². The second-order valence-corrected chi connectivity index (χ2v) is 9.13. The third-order valence-corrected chi connectivity index (χ3v) is 5.26. The molecule has 1 aromatic carbocycles. The highest BCUT2D eigenvalue weighted by Gasteiger charge is 2.32. The van der Waals surface area contributed by atoms with E-state index in [0.717, 1.165) is 0 Å². The van der Waals surface area contributed by atoms with Gasteiger partial charge in [0.05, 0.1) is 18.5 Å². The Hall–Kier alpha value is -3.07. The minimum Gasteiger partial charge on any atom is -0.351 e. The molecule has 1 amide bonds. The van der Waals surface area contributed by atoms with Crippen molar-refractivity contribution in [1.82, 2.24) is 15.3 Å². The van der Waals surface area contributed by atoms with E-state index in [9.17, 15) is 13.2 Å². The van der Waals surface area contributed by atoms with Gasteiger partial charge in [0.2, 0.25) is 5.91 Å². The maximum absolute atomic E-state index is 12.4. The van der Waals surface area contributed by atoms with Gasteiger partial charge >= 0.3 is 0 Å². The molecular formula is C20H23N5O3S. The Kier molecular flexibility index (Phi) is 5.78. The number of carbonyl (C=O) groups is 1. The number of hydrogen-bond acceptors (Lipinski definition) is 6. The molecule has 9 heteroatoms. The fourth-order valence-electron chi connectivity index (χ4n) is 2.76. The third-order valence-electron chi connectivity index (χ3n) is 3.94. The van der Waals surface area contributed by atoms with E-state index < -0.39 is 10.0 Å². The van der Waals surface area contributed by atoms with Crippen molar-refractivity contribution in [1.29, 1.82) is 0 Å². The van der Waals surface area contributed by atoms with Gasteiger partial charge in [0, 0.05) is 23.7 Å². The number of nitrogens with one attached hydrogen (secondary N) is 1. The summed E-state index contributed by atoms with van der Waals surface area (Å²) in [6.45, 7) is 5.84. The molecule has 1 aliphatic rings. The van der Waals surface area contributed by atoms with Gasteiger partial charge in [-0.1, -0.05) is 18.2 Å². The lowest BCUT2D eigenvalue weighted by Crippen LogP contribution is -2.42. The lowest BCUT2D eigenvalue weighted by molar-refractivity contribution is -0.122. The van der Waals surface area contributed by atoms with E-state index in [1.807, 2.05) is 26.8 Å². The van der Waals surface area contributed by atoms with Crippen LogP contribution in [0.25, 0.3) is 0 Å². The Morgan fingerprint density at radius 2 is 1.90 bits per heavy atom. The van der Waals surface area contributed by atoms with E-state index in [-0.39, 0.29) is 35.1 Å². The van der Waals surface area contributed by atoms with Crippen molar-refractivity contribution in [3.05, 3.63) is 59.9 Å². The predicted molar refractivity (Wildman–Crippen MR) is 111 cm³/mol. The van der Waals surface area contributed by atoms with Gasteiger partial charge in [-0.3, -0.25) is 9.78 Å². The second kappa shape index (κ2) is 8.12. The van der Waals surface area contributed by atoms with Crippen LogP contribution >= 0.6 is 0 Å². The Morgan fingerprint density at radius 1 is 1.17 bits per heavy atom. The molecule has 3 rings (SSSR count). The third kappa shape index (κ3) is 5.26. The van der Waals surface area contributed by atoms with Crippen LogP contribution in [-0.4, -0.2) is 48.5 Å². The fourth-order valence-corrected chi connectivity index (χ4v) is 3.97. The van der Waals surface area contributed by atoms with Crippen LogP contribution in [-0.2, 0) is 14.8 Å². The van der Waals surface area contributed by atoms with Crippen molar-refractivity contribution >= 4 is 28.0 Å². The van der Waals surface area contributed by atoms with Crippen molar-refractivity contribution in [2.45, 2.75) is 37.6 Å². The van der Waals surface area contributed by atoms with Crippen molar-refractivity contribution in [3.8, 4) is 0 Å². The van der Waals surface area contributed by atoms with Gasteiger partial charge in [0.1, 0.15) is 4.90 Å². The molecule has 0 unspecified atom stereocenters. The Bertz CT molecular complexity index is 1060. The van der Waals surface area contributed by atoms with Crippen LogP contribution in [0.3, 0.4) is 0 Å². The van der Waals surface area contributed by atoms with Crippen LogP contribution in [0.2, 0.25) is 0 Å². The Morgan fingerprint density at radius 3 is 2.59 bits per heavy atom. The number of hydrazone groups is 1. The van der Waals surface area contributed by atoms with Crippen LogP contribution in [0.4, 0.5) is 0 Å². The monoisotopic (exact) mass is 413 g/mol. The minimum atomic E-state index is -3.79. The molecule has 0 atom stereocenters. The quantitative estimate of drug-likeness (QED) is 0.598. The Balaban J connectivity index is 1.89. The molecule has 1 aromatic heterocycles. The maximum atomic E-state index is 12.4. The molecular weight excluding hydrogens is 390 g/mol. The summed E-state index contributed by atoms with van der Waals surface area (Å²) >= 11 is 0. The molecule has 2 aromatic rings. The number of amides is 1. The van der Waals surface area contributed by atoms with Crippen molar-refractivity contribution < 1.29 is 13.2 Å². The average Bonchev–Trinajstić information content (AvgIpc) is 2.93. The van der Waals surface area contributed by atoms with Crippen LogP contribution < -0.4 is 5.32 Å². The number of hydrogen-bond donors (Lipinski definition) is 1. The molecule has 2 heterocycles. The summed E-state index contributed by atoms with van der Waals surface area (Å²) in [5.74, 6) is 0.0293. The van der Waals surface area contributed by atoms with E-state index in [2.05, 4.69) is 19.8 Å². The number of carbonyl (C=O) groups excluding carboxylic acids is 1. The second-order valence-electron chi connectivity index (χ2n) is 7.56. The predicted octanol–water partition coefficient (Wildman–Crippen LogP) is 2.17. The van der Waals surface area contributed by atoms with Gasteiger partial charge in [0.25, 0.3) is 10.0 Å². The molecule has 0 radical (unpaired) electrons. The first kappa shape index (κ1) is 20.7. The first-order valence-electron chi connectivity index (χ1n) is 9.14. The van der Waals surface area contributed by atoms with Crippen molar-refractivity contribution in [2.75, 3.05) is 6.54 Å². The highest BCUT2D eigenvalue weighted by atomic mass is 32.2. The van der Waals surface area contributed by atoms with Gasteiger partial charge in [-0.2, -0.15) is 13.5 Å². The molecule has 29 heavy (non-hydrogen) atoms. The largest absolute Gasteiger partial charge is 0.351 e. The summed E-state index contributed by atoms with van der Waals surface area (Å²) in [6.07, 6.45) is 3.27. The number of pyridine rings is 1. The van der Waals surface area contributed by atoms with Gasteiger partial charge < -0.3 is 5.32 Å². The van der Waals surface area contributed by atoms with Crippen molar-refractivity contribution in [3.63, 3.8) is 0 Å². The summed E-state index contributed by atoms with van der Waals surface area (Å²) in [5.41, 5.74) is 0.702. The number of benzene rings is 1. The standard InChI is InChI=1S/C20H23N5O3S/c1-20(2,3)23-18(26)11-13-25(22-14-15-8-6-7-12-21-15)19-16-9-4-5-10-17(16)29(27,28)24-19/h4-10,12,14H,11,13H2,1-3H3,(H,23,26). The number of sulfonamides is 1. The normalized spacial score (nSPS) is 15.1. The summed E-state index contributed by atoms with van der Waals surface area (Å²) in [5, 5.41) is 8.70. The summed E-state index contributed by atoms with van der Waals surface area (Å²) < 4.78 is 28.7. The van der Waals surface area contributed by atoms with E-state index >= 15 is 0 Å². The van der Waals surface area contributed by atoms with Crippen LogP contribution in [0, 0.1) is 0 Å². The fraction of sp³-hybridized carbons (Fsp3) is 0.300. The summed E-state index contributed by atoms with van der Waals surface area (Å²) in [7, 11) is -3.79. The summed E-state index contributed by atoms with van der Waals surface area (Å²) in [4.78, 5) is 16.6. The molecule has 0 aliphatic carbocycles. The zero-order valence-corrected chi connectivity index (χ0v) is 17.3. The van der Waals surface area contributed by atoms with Gasteiger partial charge in [-0.05, 0) is 45.0 Å². The summed E-state index contributed by atoms with van der Waals surface area (Å²) in [6, 6.07) is 12.0. The zero-order chi connectivity index (χ0) is 21.1. The highest BCUT2D eigenvalue weighted by Crippen LogP contribution is 2.27. The van der Waals surface area contributed by atoms with Gasteiger partial charge in [-0.15, -0.1) is 4.40 Å². The molecule has 152 valence electrons. The zero-order valence-electron chi connectivity index (χ0n) is 16.5. The van der Waals surface area contributed by atoms with Crippen LogP contribution in [0.1, 0.15) is 38.4 Å². The molecule has 0 bridgehead atoms.